The topological polar surface area (TPSA) is 78.5 Å². The minimum Gasteiger partial charge on any atom is -0.491 e. The number of hydrogen-bond donors (Lipinski definition) is 2. The average Bonchev–Trinajstić information content (AvgIpc) is 3.27. The first-order chi connectivity index (χ1) is 14.7. The number of aromatic nitrogens is 2. The van der Waals surface area contributed by atoms with Crippen LogP contribution in [0.5, 0.6) is 5.75 Å². The van der Waals surface area contributed by atoms with E-state index in [9.17, 15) is 23.1 Å². The molecule has 0 radical (unpaired) electrons. The lowest BCUT2D eigenvalue weighted by molar-refractivity contribution is -0.137. The van der Waals surface area contributed by atoms with Gasteiger partial charge in [-0.2, -0.15) is 18.3 Å². The van der Waals surface area contributed by atoms with E-state index in [0.29, 0.717) is 5.56 Å². The van der Waals surface area contributed by atoms with Crippen molar-refractivity contribution in [3.63, 3.8) is 0 Å². The molecule has 1 atom stereocenters. The summed E-state index contributed by atoms with van der Waals surface area (Å²) in [7, 11) is 0. The van der Waals surface area contributed by atoms with Crippen LogP contribution in [0.15, 0.2) is 60.9 Å². The van der Waals surface area contributed by atoms with E-state index in [2.05, 4.69) is 10.2 Å². The van der Waals surface area contributed by atoms with Crippen molar-refractivity contribution in [1.82, 2.24) is 15.1 Å². The van der Waals surface area contributed by atoms with Crippen molar-refractivity contribution in [2.75, 3.05) is 13.2 Å². The molecule has 0 fully saturated rings. The molecule has 3 aromatic rings. The molecule has 0 saturated carbocycles. The molecule has 164 valence electrons. The van der Waals surface area contributed by atoms with E-state index >= 15 is 0 Å². The van der Waals surface area contributed by atoms with Gasteiger partial charge in [-0.05, 0) is 42.3 Å². The normalized spacial score (nSPS) is 12.4. The predicted molar refractivity (Wildman–Crippen MR) is 107 cm³/mol. The van der Waals surface area contributed by atoms with Gasteiger partial charge in [-0.15, -0.1) is 0 Å². The molecule has 31 heavy (non-hydrogen) atoms. The number of aliphatic hydroxyl groups is 1. The molecule has 1 heterocycles. The van der Waals surface area contributed by atoms with Gasteiger partial charge in [0.15, 0.2) is 0 Å². The van der Waals surface area contributed by atoms with E-state index < -0.39 is 17.8 Å². The predicted octanol–water partition coefficient (Wildman–Crippen LogP) is 3.82. The van der Waals surface area contributed by atoms with Gasteiger partial charge >= 0.3 is 6.18 Å². The molecule has 9 heteroatoms. The third kappa shape index (κ3) is 6.08. The molecular weight excluding hydrogens is 411 g/mol. The second kappa shape index (κ2) is 9.65. The highest BCUT2D eigenvalue weighted by molar-refractivity contribution is 5.93. The fourth-order valence-corrected chi connectivity index (χ4v) is 3.00. The van der Waals surface area contributed by atoms with Crippen molar-refractivity contribution in [1.29, 1.82) is 0 Å². The zero-order valence-electron chi connectivity index (χ0n) is 16.8. The molecule has 0 spiro atoms. The minimum absolute atomic E-state index is 0.0288. The highest BCUT2D eigenvalue weighted by atomic mass is 19.4. The van der Waals surface area contributed by atoms with E-state index in [4.69, 9.17) is 4.74 Å². The Labute approximate surface area is 177 Å². The molecule has 3 rings (SSSR count). The van der Waals surface area contributed by atoms with E-state index in [0.717, 1.165) is 23.3 Å². The molecule has 0 bridgehead atoms. The molecule has 0 saturated heterocycles. The zero-order valence-corrected chi connectivity index (χ0v) is 16.8. The Morgan fingerprint density at radius 1 is 1.19 bits per heavy atom. The summed E-state index contributed by atoms with van der Waals surface area (Å²) in [5, 5.41) is 16.8. The van der Waals surface area contributed by atoms with Gasteiger partial charge in [0, 0.05) is 12.7 Å². The number of ether oxygens (including phenoxy) is 1. The van der Waals surface area contributed by atoms with Crippen LogP contribution >= 0.6 is 0 Å². The van der Waals surface area contributed by atoms with Crippen LogP contribution in [-0.4, -0.2) is 45.4 Å². The number of carbonyl (C=O) groups is 1. The number of aryl methyl sites for hydroxylation is 1. The van der Waals surface area contributed by atoms with Crippen molar-refractivity contribution >= 4 is 5.91 Å². The fraction of sp³-hybridized carbons (Fsp3) is 0.273. The lowest BCUT2D eigenvalue weighted by Gasteiger charge is -2.26. The van der Waals surface area contributed by atoms with Crippen molar-refractivity contribution in [3.8, 4) is 5.75 Å². The number of alkyl halides is 3. The van der Waals surface area contributed by atoms with Crippen LogP contribution in [0.4, 0.5) is 13.2 Å². The summed E-state index contributed by atoms with van der Waals surface area (Å²) in [4.78, 5) is 14.4. The Morgan fingerprint density at radius 3 is 2.52 bits per heavy atom. The van der Waals surface area contributed by atoms with E-state index in [-0.39, 0.29) is 31.4 Å². The molecule has 0 aliphatic carbocycles. The first kappa shape index (κ1) is 22.4. The molecule has 2 aromatic carbocycles. The Kier molecular flexibility index (Phi) is 6.96. The number of H-pyrrole nitrogens is 1. The monoisotopic (exact) mass is 433 g/mol. The highest BCUT2D eigenvalue weighted by Crippen LogP contribution is 2.30. The Bertz CT molecular complexity index is 989. The maximum Gasteiger partial charge on any atom is 0.416 e. The fourth-order valence-electron chi connectivity index (χ4n) is 3.00. The number of hydrogen-bond acceptors (Lipinski definition) is 4. The Morgan fingerprint density at radius 2 is 1.90 bits per heavy atom. The van der Waals surface area contributed by atoms with E-state index in [1.54, 1.807) is 0 Å². The summed E-state index contributed by atoms with van der Waals surface area (Å²) >= 11 is 0. The summed E-state index contributed by atoms with van der Waals surface area (Å²) in [6.07, 6.45) is -2.61. The molecule has 1 aromatic heterocycles. The maximum atomic E-state index is 12.9. The summed E-state index contributed by atoms with van der Waals surface area (Å²) in [5.74, 6) is -0.121. The Balaban J connectivity index is 1.65. The SMILES string of the molecule is Cc1ccccc1CN(CC(O)COc1ccc(C(F)(F)F)cc1)C(=O)c1cn[nH]c1. The Hall–Kier alpha value is -3.33. The number of carbonyl (C=O) groups excluding carboxylic acids is 1. The van der Waals surface area contributed by atoms with E-state index in [1.807, 2.05) is 31.2 Å². The van der Waals surface area contributed by atoms with Crippen molar-refractivity contribution < 1.29 is 27.8 Å². The quantitative estimate of drug-likeness (QED) is 0.566. The molecule has 6 nitrogen and oxygen atoms in total. The van der Waals surface area contributed by atoms with Crippen LogP contribution in [0.2, 0.25) is 0 Å². The van der Waals surface area contributed by atoms with Gasteiger partial charge < -0.3 is 14.7 Å². The number of aliphatic hydroxyl groups excluding tert-OH is 1. The number of nitrogens with one attached hydrogen (secondary N) is 1. The van der Waals surface area contributed by atoms with Crippen LogP contribution in [0, 0.1) is 6.92 Å². The summed E-state index contributed by atoms with van der Waals surface area (Å²) < 4.78 is 43.4. The lowest BCUT2D eigenvalue weighted by atomic mass is 10.1. The van der Waals surface area contributed by atoms with Crippen molar-refractivity contribution in [2.45, 2.75) is 25.7 Å². The first-order valence-corrected chi connectivity index (χ1v) is 9.54. The van der Waals surface area contributed by atoms with Crippen LogP contribution in [0.1, 0.15) is 27.0 Å². The van der Waals surface area contributed by atoms with Crippen LogP contribution in [-0.2, 0) is 12.7 Å². The van der Waals surface area contributed by atoms with Gasteiger partial charge in [0.05, 0.1) is 23.9 Å². The van der Waals surface area contributed by atoms with Gasteiger partial charge in [0.2, 0.25) is 0 Å². The van der Waals surface area contributed by atoms with Gasteiger partial charge in [-0.3, -0.25) is 9.89 Å². The number of amides is 1. The molecule has 0 aliphatic rings. The minimum atomic E-state index is -4.43. The molecule has 1 amide bonds. The number of nitrogens with zero attached hydrogens (tertiary/aromatic N) is 2. The van der Waals surface area contributed by atoms with Crippen LogP contribution in [0.3, 0.4) is 0 Å². The first-order valence-electron chi connectivity index (χ1n) is 9.54. The number of rotatable bonds is 8. The van der Waals surface area contributed by atoms with Gasteiger partial charge in [-0.25, -0.2) is 0 Å². The largest absolute Gasteiger partial charge is 0.491 e. The number of halogens is 3. The molecule has 1 unspecified atom stereocenters. The lowest BCUT2D eigenvalue weighted by Crippen LogP contribution is -2.39. The van der Waals surface area contributed by atoms with E-state index in [1.165, 1.54) is 29.4 Å². The van der Waals surface area contributed by atoms with Gasteiger partial charge in [0.25, 0.3) is 5.91 Å². The van der Waals surface area contributed by atoms with Crippen LogP contribution in [0.25, 0.3) is 0 Å². The molecule has 2 N–H and O–H groups in total. The summed E-state index contributed by atoms with van der Waals surface area (Å²) in [5.41, 5.74) is 1.50. The molecule has 0 aliphatic heterocycles. The number of benzene rings is 2. The summed E-state index contributed by atoms with van der Waals surface area (Å²) in [6.45, 7) is 1.99. The van der Waals surface area contributed by atoms with Gasteiger partial charge in [0.1, 0.15) is 18.5 Å². The van der Waals surface area contributed by atoms with Gasteiger partial charge in [-0.1, -0.05) is 24.3 Å². The second-order valence-electron chi connectivity index (χ2n) is 7.09. The molecular formula is C22H22F3N3O3. The standard InChI is InChI=1S/C22H22F3N3O3/c1-15-4-2-3-5-16(15)12-28(21(30)17-10-26-27-11-17)13-19(29)14-31-20-8-6-18(7-9-20)22(23,24)25/h2-11,19,29H,12-14H2,1H3,(H,26,27). The van der Waals surface area contributed by atoms with Crippen LogP contribution < -0.4 is 4.74 Å². The third-order valence-corrected chi connectivity index (χ3v) is 4.71. The maximum absolute atomic E-state index is 12.9. The van der Waals surface area contributed by atoms with Crippen molar-refractivity contribution in [3.05, 3.63) is 83.2 Å². The average molecular weight is 433 g/mol. The highest BCUT2D eigenvalue weighted by Gasteiger charge is 2.30. The third-order valence-electron chi connectivity index (χ3n) is 4.71. The second-order valence-corrected chi connectivity index (χ2v) is 7.09. The summed E-state index contributed by atoms with van der Waals surface area (Å²) in [6, 6.07) is 11.8. The number of aromatic amines is 1. The zero-order chi connectivity index (χ0) is 22.4. The van der Waals surface area contributed by atoms with Crippen molar-refractivity contribution in [2.24, 2.45) is 0 Å². The smallest absolute Gasteiger partial charge is 0.416 e.